The molecule has 0 bridgehead atoms. The second-order valence-corrected chi connectivity index (χ2v) is 4.48. The van der Waals surface area contributed by atoms with E-state index >= 15 is 0 Å². The minimum absolute atomic E-state index is 0.0197. The molecule has 21 heavy (non-hydrogen) atoms. The predicted molar refractivity (Wildman–Crippen MR) is 75.7 cm³/mol. The van der Waals surface area contributed by atoms with Gasteiger partial charge >= 0.3 is 5.69 Å². The SMILES string of the molecule is Cc1ccc(C(=O)Nc2nc(Cl)ccc2[N+](=O)[O-])c(=O)[nH]1. The van der Waals surface area contributed by atoms with Crippen LogP contribution >= 0.6 is 11.6 Å². The van der Waals surface area contributed by atoms with Crippen LogP contribution in [-0.2, 0) is 0 Å². The molecule has 108 valence electrons. The number of nitrogens with one attached hydrogen (secondary N) is 2. The van der Waals surface area contributed by atoms with Crippen molar-refractivity contribution in [3.8, 4) is 0 Å². The summed E-state index contributed by atoms with van der Waals surface area (Å²) in [4.78, 5) is 40.0. The van der Waals surface area contributed by atoms with Crippen LogP contribution in [0.5, 0.6) is 0 Å². The van der Waals surface area contributed by atoms with Crippen molar-refractivity contribution in [1.29, 1.82) is 0 Å². The number of aromatic nitrogens is 2. The van der Waals surface area contributed by atoms with E-state index in [-0.39, 0.29) is 16.5 Å². The van der Waals surface area contributed by atoms with Crippen LogP contribution in [0.1, 0.15) is 16.1 Å². The van der Waals surface area contributed by atoms with Gasteiger partial charge in [-0.2, -0.15) is 0 Å². The summed E-state index contributed by atoms with van der Waals surface area (Å²) in [6.07, 6.45) is 0. The van der Waals surface area contributed by atoms with Gasteiger partial charge in [-0.15, -0.1) is 0 Å². The van der Waals surface area contributed by atoms with E-state index in [9.17, 15) is 19.7 Å². The molecule has 1 amide bonds. The highest BCUT2D eigenvalue weighted by Crippen LogP contribution is 2.24. The molecular formula is C12H9ClN4O4. The van der Waals surface area contributed by atoms with E-state index in [1.54, 1.807) is 6.92 Å². The second kappa shape index (κ2) is 5.71. The quantitative estimate of drug-likeness (QED) is 0.510. The number of rotatable bonds is 3. The Balaban J connectivity index is 2.38. The molecule has 2 N–H and O–H groups in total. The summed E-state index contributed by atoms with van der Waals surface area (Å²) in [6, 6.07) is 5.20. The summed E-state index contributed by atoms with van der Waals surface area (Å²) < 4.78 is 0. The second-order valence-electron chi connectivity index (χ2n) is 4.10. The van der Waals surface area contributed by atoms with Gasteiger partial charge in [0.2, 0.25) is 5.82 Å². The molecule has 2 rings (SSSR count). The summed E-state index contributed by atoms with van der Waals surface area (Å²) in [5, 5.41) is 13.1. The van der Waals surface area contributed by atoms with Gasteiger partial charge in [-0.25, -0.2) is 4.98 Å². The number of nitrogens with zero attached hydrogens (tertiary/aromatic N) is 2. The summed E-state index contributed by atoms with van der Waals surface area (Å²) in [7, 11) is 0. The minimum Gasteiger partial charge on any atom is -0.326 e. The third-order valence-electron chi connectivity index (χ3n) is 2.57. The van der Waals surface area contributed by atoms with Crippen LogP contribution < -0.4 is 10.9 Å². The fraction of sp³-hybridized carbons (Fsp3) is 0.0833. The van der Waals surface area contributed by atoms with E-state index in [0.717, 1.165) is 6.07 Å². The van der Waals surface area contributed by atoms with Crippen molar-refractivity contribution in [3.05, 3.63) is 61.1 Å². The Morgan fingerprint density at radius 2 is 2.10 bits per heavy atom. The molecule has 0 atom stereocenters. The van der Waals surface area contributed by atoms with Crippen LogP contribution in [0, 0.1) is 17.0 Å². The number of carbonyl (C=O) groups is 1. The maximum absolute atomic E-state index is 12.0. The van der Waals surface area contributed by atoms with E-state index in [4.69, 9.17) is 11.6 Å². The molecule has 0 saturated carbocycles. The Bertz CT molecular complexity index is 787. The highest BCUT2D eigenvalue weighted by Gasteiger charge is 2.20. The number of hydrogen-bond donors (Lipinski definition) is 2. The Kier molecular flexibility index (Phi) is 3.99. The number of amides is 1. The van der Waals surface area contributed by atoms with Crippen LogP contribution in [0.15, 0.2) is 29.1 Å². The molecule has 0 saturated heterocycles. The van der Waals surface area contributed by atoms with Gasteiger partial charge in [-0.3, -0.25) is 19.7 Å². The maximum Gasteiger partial charge on any atom is 0.311 e. The van der Waals surface area contributed by atoms with Crippen LogP contribution in [-0.4, -0.2) is 20.8 Å². The van der Waals surface area contributed by atoms with Gasteiger partial charge in [-0.05, 0) is 25.1 Å². The highest BCUT2D eigenvalue weighted by molar-refractivity contribution is 6.29. The lowest BCUT2D eigenvalue weighted by Crippen LogP contribution is -2.24. The van der Waals surface area contributed by atoms with Crippen molar-refractivity contribution in [2.75, 3.05) is 5.32 Å². The Labute approximate surface area is 122 Å². The topological polar surface area (TPSA) is 118 Å². The van der Waals surface area contributed by atoms with Gasteiger partial charge in [0.15, 0.2) is 0 Å². The van der Waals surface area contributed by atoms with Crippen molar-refractivity contribution in [2.24, 2.45) is 0 Å². The number of hydrogen-bond acceptors (Lipinski definition) is 5. The number of aryl methyl sites for hydroxylation is 1. The van der Waals surface area contributed by atoms with Crippen LogP contribution in [0.4, 0.5) is 11.5 Å². The first-order valence-electron chi connectivity index (χ1n) is 5.70. The van der Waals surface area contributed by atoms with Gasteiger partial charge in [0, 0.05) is 11.8 Å². The molecule has 0 aromatic carbocycles. The zero-order valence-electron chi connectivity index (χ0n) is 10.7. The van der Waals surface area contributed by atoms with E-state index < -0.39 is 22.1 Å². The minimum atomic E-state index is -0.811. The first-order valence-corrected chi connectivity index (χ1v) is 6.08. The van der Waals surface area contributed by atoms with E-state index in [1.165, 1.54) is 18.2 Å². The average molecular weight is 309 g/mol. The molecule has 0 unspecified atom stereocenters. The predicted octanol–water partition coefficient (Wildman–Crippen LogP) is 1.89. The zero-order chi connectivity index (χ0) is 15.6. The Morgan fingerprint density at radius 3 is 2.71 bits per heavy atom. The third kappa shape index (κ3) is 3.23. The molecule has 0 spiro atoms. The lowest BCUT2D eigenvalue weighted by molar-refractivity contribution is -0.384. The van der Waals surface area contributed by atoms with Crippen LogP contribution in [0.2, 0.25) is 5.15 Å². The van der Waals surface area contributed by atoms with Crippen LogP contribution in [0.3, 0.4) is 0 Å². The smallest absolute Gasteiger partial charge is 0.311 e. The molecule has 0 aliphatic rings. The largest absolute Gasteiger partial charge is 0.326 e. The first kappa shape index (κ1) is 14.7. The molecule has 2 heterocycles. The molecule has 0 radical (unpaired) electrons. The summed E-state index contributed by atoms with van der Waals surface area (Å²) >= 11 is 5.65. The van der Waals surface area contributed by atoms with Crippen molar-refractivity contribution < 1.29 is 9.72 Å². The maximum atomic E-state index is 12.0. The van der Waals surface area contributed by atoms with E-state index in [1.807, 2.05) is 0 Å². The number of aromatic amines is 1. The zero-order valence-corrected chi connectivity index (χ0v) is 11.5. The molecule has 8 nitrogen and oxygen atoms in total. The average Bonchev–Trinajstić information content (AvgIpc) is 2.37. The fourth-order valence-corrected chi connectivity index (χ4v) is 1.74. The van der Waals surface area contributed by atoms with Gasteiger partial charge in [0.25, 0.3) is 11.5 Å². The summed E-state index contributed by atoms with van der Waals surface area (Å²) in [5.74, 6) is -1.13. The molecule has 2 aromatic heterocycles. The number of halogens is 1. The van der Waals surface area contributed by atoms with Crippen molar-refractivity contribution in [3.63, 3.8) is 0 Å². The molecule has 2 aromatic rings. The number of anilines is 1. The molecule has 9 heteroatoms. The van der Waals surface area contributed by atoms with Crippen molar-refractivity contribution in [1.82, 2.24) is 9.97 Å². The molecule has 0 aliphatic heterocycles. The summed E-state index contributed by atoms with van der Waals surface area (Å²) in [6.45, 7) is 1.66. The standard InChI is InChI=1S/C12H9ClN4O4/c1-6-2-3-7(11(18)14-6)12(19)16-10-8(17(20)21)4-5-9(13)15-10/h2-5H,1H3,(H,14,18)(H,15,16,19). The van der Waals surface area contributed by atoms with Gasteiger partial charge in [0.05, 0.1) is 4.92 Å². The van der Waals surface area contributed by atoms with Gasteiger partial charge < -0.3 is 10.3 Å². The molecule has 0 aliphatic carbocycles. The van der Waals surface area contributed by atoms with E-state index in [0.29, 0.717) is 5.69 Å². The number of nitro groups is 1. The fourth-order valence-electron chi connectivity index (χ4n) is 1.59. The first-order chi connectivity index (χ1) is 9.88. The number of H-pyrrole nitrogens is 1. The Morgan fingerprint density at radius 1 is 1.38 bits per heavy atom. The molecular weight excluding hydrogens is 300 g/mol. The van der Waals surface area contributed by atoms with Crippen molar-refractivity contribution in [2.45, 2.75) is 6.92 Å². The summed E-state index contributed by atoms with van der Waals surface area (Å²) in [5.41, 5.74) is -0.617. The monoisotopic (exact) mass is 308 g/mol. The van der Waals surface area contributed by atoms with Crippen LogP contribution in [0.25, 0.3) is 0 Å². The molecule has 0 fully saturated rings. The van der Waals surface area contributed by atoms with Gasteiger partial charge in [0.1, 0.15) is 10.7 Å². The third-order valence-corrected chi connectivity index (χ3v) is 2.78. The Hall–Kier alpha value is -2.74. The number of pyridine rings is 2. The normalized spacial score (nSPS) is 10.2. The lowest BCUT2D eigenvalue weighted by Gasteiger charge is -2.05. The highest BCUT2D eigenvalue weighted by atomic mass is 35.5. The lowest BCUT2D eigenvalue weighted by atomic mass is 10.2. The van der Waals surface area contributed by atoms with Crippen molar-refractivity contribution >= 4 is 29.0 Å². The number of carbonyl (C=O) groups excluding carboxylic acids is 1. The van der Waals surface area contributed by atoms with Gasteiger partial charge in [-0.1, -0.05) is 11.6 Å². The van der Waals surface area contributed by atoms with E-state index in [2.05, 4.69) is 15.3 Å².